The Morgan fingerprint density at radius 3 is 2.66 bits per heavy atom. The molecule has 0 unspecified atom stereocenters. The van der Waals surface area contributed by atoms with E-state index in [1.165, 1.54) is 0 Å². The number of aryl methyl sites for hydroxylation is 2. The van der Waals surface area contributed by atoms with Gasteiger partial charge < -0.3 is 19.9 Å². The third kappa shape index (κ3) is 6.94. The van der Waals surface area contributed by atoms with E-state index in [1.54, 1.807) is 52.0 Å². The second kappa shape index (κ2) is 11.3. The Morgan fingerprint density at radius 2 is 2.00 bits per heavy atom. The van der Waals surface area contributed by atoms with Crippen LogP contribution in [0.1, 0.15) is 58.3 Å². The highest BCUT2D eigenvalue weighted by atomic mass is 32.1. The largest absolute Gasteiger partial charge is 0.459 e. The summed E-state index contributed by atoms with van der Waals surface area (Å²) in [4.78, 5) is 46.2. The minimum absolute atomic E-state index is 0.0776. The zero-order valence-electron chi connectivity index (χ0n) is 19.6. The summed E-state index contributed by atoms with van der Waals surface area (Å²) >= 11 is 1.00. The molecule has 3 aromatic rings. The summed E-state index contributed by atoms with van der Waals surface area (Å²) in [6.07, 6.45) is -0.520. The summed E-state index contributed by atoms with van der Waals surface area (Å²) in [6, 6.07) is 7.85. The van der Waals surface area contributed by atoms with Gasteiger partial charge in [-0.1, -0.05) is 28.6 Å². The lowest BCUT2D eigenvalue weighted by Gasteiger charge is -2.15. The maximum atomic E-state index is 12.8. The zero-order valence-corrected chi connectivity index (χ0v) is 20.4. The van der Waals surface area contributed by atoms with Gasteiger partial charge in [-0.25, -0.2) is 9.78 Å². The van der Waals surface area contributed by atoms with Gasteiger partial charge in [-0.3, -0.25) is 9.59 Å². The highest BCUT2D eigenvalue weighted by molar-refractivity contribution is 7.17. The predicted octanol–water partition coefficient (Wildman–Crippen LogP) is 3.42. The molecule has 2 N–H and O–H groups in total. The van der Waals surface area contributed by atoms with Crippen molar-refractivity contribution in [2.24, 2.45) is 0 Å². The van der Waals surface area contributed by atoms with Gasteiger partial charge in [-0.2, -0.15) is 10.2 Å². The maximum Gasteiger partial charge on any atom is 0.350 e. The van der Waals surface area contributed by atoms with Crippen LogP contribution in [-0.4, -0.2) is 45.1 Å². The van der Waals surface area contributed by atoms with Crippen LogP contribution in [0, 0.1) is 25.2 Å². The summed E-state index contributed by atoms with van der Waals surface area (Å²) < 4.78 is 10.2. The summed E-state index contributed by atoms with van der Waals surface area (Å²) in [6.45, 7) is 6.79. The van der Waals surface area contributed by atoms with Crippen LogP contribution in [-0.2, 0) is 9.53 Å². The van der Waals surface area contributed by atoms with E-state index in [-0.39, 0.29) is 24.1 Å². The van der Waals surface area contributed by atoms with Crippen LogP contribution < -0.4 is 10.6 Å². The molecule has 182 valence electrons. The van der Waals surface area contributed by atoms with Crippen LogP contribution in [0.5, 0.6) is 0 Å². The lowest BCUT2D eigenvalue weighted by molar-refractivity contribution is -0.116. The van der Waals surface area contributed by atoms with E-state index in [0.29, 0.717) is 33.4 Å². The Hall–Kier alpha value is -4.11. The molecule has 1 aromatic carbocycles. The van der Waals surface area contributed by atoms with Gasteiger partial charge in [0, 0.05) is 24.5 Å². The van der Waals surface area contributed by atoms with Crippen molar-refractivity contribution in [3.63, 3.8) is 0 Å². The molecule has 0 bridgehead atoms. The van der Waals surface area contributed by atoms with Crippen molar-refractivity contribution < 1.29 is 23.6 Å². The van der Waals surface area contributed by atoms with E-state index in [4.69, 9.17) is 14.5 Å². The second-order valence-corrected chi connectivity index (χ2v) is 8.89. The number of nitriles is 1. The average molecular weight is 497 g/mol. The first-order chi connectivity index (χ1) is 16.7. The molecule has 0 radical (unpaired) electrons. The number of amides is 2. The van der Waals surface area contributed by atoms with Crippen LogP contribution in [0.25, 0.3) is 11.4 Å². The molecule has 2 amide bonds. The van der Waals surface area contributed by atoms with E-state index < -0.39 is 23.8 Å². The van der Waals surface area contributed by atoms with Gasteiger partial charge in [0.25, 0.3) is 5.91 Å². The molecule has 1 atom stereocenters. The number of esters is 1. The van der Waals surface area contributed by atoms with E-state index >= 15 is 0 Å². The van der Waals surface area contributed by atoms with E-state index in [9.17, 15) is 14.4 Å². The first kappa shape index (κ1) is 25.5. The Bertz CT molecular complexity index is 1280. The molecule has 12 heteroatoms. The molecule has 2 aromatic heterocycles. The van der Waals surface area contributed by atoms with Crippen molar-refractivity contribution in [3.8, 4) is 17.5 Å². The van der Waals surface area contributed by atoms with Gasteiger partial charge in [-0.15, -0.1) is 0 Å². The molecular formula is C23H24N6O5S. The zero-order chi connectivity index (χ0) is 25.5. The topological polar surface area (TPSA) is 160 Å². The molecule has 0 fully saturated rings. The monoisotopic (exact) mass is 496 g/mol. The first-order valence-electron chi connectivity index (χ1n) is 10.7. The summed E-state index contributed by atoms with van der Waals surface area (Å²) in [5.41, 5.74) is 1.35. The predicted molar refractivity (Wildman–Crippen MR) is 127 cm³/mol. The second-order valence-electron chi connectivity index (χ2n) is 7.89. The fourth-order valence-corrected chi connectivity index (χ4v) is 3.94. The number of nitrogens with zero attached hydrogens (tertiary/aromatic N) is 4. The molecule has 2 heterocycles. The number of nitrogens with one attached hydrogen (secondary N) is 2. The van der Waals surface area contributed by atoms with Crippen LogP contribution in [0.3, 0.4) is 0 Å². The fraction of sp³-hybridized carbons (Fsp3) is 0.348. The average Bonchev–Trinajstić information content (AvgIpc) is 3.38. The van der Waals surface area contributed by atoms with Crippen LogP contribution in [0.15, 0.2) is 28.8 Å². The normalized spacial score (nSPS) is 11.5. The third-order valence-corrected chi connectivity index (χ3v) is 5.64. The molecule has 35 heavy (non-hydrogen) atoms. The first-order valence-corrected chi connectivity index (χ1v) is 11.5. The third-order valence-electron chi connectivity index (χ3n) is 4.59. The standard InChI is InChI=1S/C23H24N6O5S/c1-12(2)33-22(32)19-13(3)25-23(35-19)28-18(30)11-17(8-9-24)27-21(31)16-7-5-6-15(10-16)20-26-14(4)34-29-20/h5-7,10,12,17H,8,11H2,1-4H3,(H,27,31)(H,25,28,30)/t17-/m0/s1. The molecule has 0 aliphatic carbocycles. The lowest BCUT2D eigenvalue weighted by Crippen LogP contribution is -2.37. The van der Waals surface area contributed by atoms with E-state index in [0.717, 1.165) is 11.3 Å². The molecule has 11 nitrogen and oxygen atoms in total. The van der Waals surface area contributed by atoms with Crippen molar-refractivity contribution in [2.75, 3.05) is 5.32 Å². The summed E-state index contributed by atoms with van der Waals surface area (Å²) in [7, 11) is 0. The smallest absolute Gasteiger partial charge is 0.350 e. The summed E-state index contributed by atoms with van der Waals surface area (Å²) in [5, 5.41) is 18.6. The maximum absolute atomic E-state index is 12.8. The molecule has 0 saturated heterocycles. The van der Waals surface area contributed by atoms with E-state index in [2.05, 4.69) is 25.8 Å². The molecular weight excluding hydrogens is 472 g/mol. The number of benzene rings is 1. The van der Waals surface area contributed by atoms with Gasteiger partial charge in [-0.05, 0) is 32.9 Å². The van der Waals surface area contributed by atoms with Gasteiger partial charge in [0.15, 0.2) is 5.13 Å². The number of rotatable bonds is 9. The Morgan fingerprint density at radius 1 is 1.23 bits per heavy atom. The number of anilines is 1. The van der Waals surface area contributed by atoms with Gasteiger partial charge in [0.05, 0.1) is 30.3 Å². The minimum atomic E-state index is -0.741. The SMILES string of the molecule is Cc1nc(-c2cccc(C(=O)N[C@@H](CC#N)CC(=O)Nc3nc(C)c(C(=O)OC(C)C)s3)c2)no1. The fourth-order valence-electron chi connectivity index (χ4n) is 3.07. The van der Waals surface area contributed by atoms with Crippen LogP contribution >= 0.6 is 11.3 Å². The number of aromatic nitrogens is 3. The van der Waals surface area contributed by atoms with Crippen molar-refractivity contribution in [3.05, 3.63) is 46.3 Å². The van der Waals surface area contributed by atoms with Crippen molar-refractivity contribution in [1.82, 2.24) is 20.4 Å². The molecule has 3 rings (SSSR count). The summed E-state index contributed by atoms with van der Waals surface area (Å²) in [5.74, 6) is -0.679. The van der Waals surface area contributed by atoms with Gasteiger partial charge in [0.2, 0.25) is 17.6 Å². The lowest BCUT2D eigenvalue weighted by atomic mass is 10.1. The molecule has 0 saturated carbocycles. The van der Waals surface area contributed by atoms with Crippen LogP contribution in [0.2, 0.25) is 0 Å². The number of carbonyl (C=O) groups is 3. The number of carbonyl (C=O) groups excluding carboxylic acids is 3. The number of hydrogen-bond donors (Lipinski definition) is 2. The molecule has 0 aliphatic rings. The van der Waals surface area contributed by atoms with Crippen molar-refractivity contribution in [1.29, 1.82) is 5.26 Å². The Kier molecular flexibility index (Phi) is 8.27. The minimum Gasteiger partial charge on any atom is -0.459 e. The highest BCUT2D eigenvalue weighted by Crippen LogP contribution is 2.24. The van der Waals surface area contributed by atoms with Crippen LogP contribution in [0.4, 0.5) is 5.13 Å². The number of thiazole rings is 1. The number of hydrogen-bond acceptors (Lipinski definition) is 10. The molecule has 0 aliphatic heterocycles. The Labute approximate surface area is 205 Å². The van der Waals surface area contributed by atoms with E-state index in [1.807, 2.05) is 6.07 Å². The highest BCUT2D eigenvalue weighted by Gasteiger charge is 2.22. The Balaban J connectivity index is 1.64. The van der Waals surface area contributed by atoms with Crippen molar-refractivity contribution >= 4 is 34.3 Å². The quantitative estimate of drug-likeness (QED) is 0.423. The van der Waals surface area contributed by atoms with Gasteiger partial charge >= 0.3 is 5.97 Å². The van der Waals surface area contributed by atoms with Crippen molar-refractivity contribution in [2.45, 2.75) is 52.7 Å². The van der Waals surface area contributed by atoms with Gasteiger partial charge in [0.1, 0.15) is 4.88 Å². The molecule has 0 spiro atoms. The number of ether oxygens (including phenoxy) is 1.